The smallest absolute Gasteiger partial charge is 0.267 e. The van der Waals surface area contributed by atoms with Gasteiger partial charge in [-0.15, -0.1) is 0 Å². The van der Waals surface area contributed by atoms with Crippen LogP contribution >= 0.6 is 7.92 Å². The van der Waals surface area contributed by atoms with E-state index in [0.29, 0.717) is 0 Å². The molecular formula is C9H21O3PS. The van der Waals surface area contributed by atoms with E-state index in [0.717, 1.165) is 12.3 Å². The predicted octanol–water partition coefficient (Wildman–Crippen LogP) is 2.61. The molecule has 5 heteroatoms. The van der Waals surface area contributed by atoms with Gasteiger partial charge in [0, 0.05) is 0 Å². The molecule has 0 aliphatic carbocycles. The van der Waals surface area contributed by atoms with Gasteiger partial charge >= 0.3 is 0 Å². The van der Waals surface area contributed by atoms with Crippen LogP contribution < -0.4 is 0 Å². The number of hydrogen-bond donors (Lipinski definition) is 0. The third-order valence-corrected chi connectivity index (χ3v) is 7.88. The highest BCUT2D eigenvalue weighted by Gasteiger charge is 2.28. The Morgan fingerprint density at radius 2 is 1.57 bits per heavy atom. The molecule has 1 unspecified atom stereocenters. The van der Waals surface area contributed by atoms with Crippen molar-refractivity contribution in [1.29, 1.82) is 0 Å². The molecule has 0 amide bonds. The summed E-state index contributed by atoms with van der Waals surface area (Å²) in [6.45, 7) is 9.32. The highest BCUT2D eigenvalue weighted by atomic mass is 32.2. The summed E-state index contributed by atoms with van der Waals surface area (Å²) in [7, 11) is -3.80. The van der Waals surface area contributed by atoms with Gasteiger partial charge in [0.1, 0.15) is 4.99 Å². The first-order valence-electron chi connectivity index (χ1n) is 5.01. The van der Waals surface area contributed by atoms with Gasteiger partial charge in [0.25, 0.3) is 10.1 Å². The van der Waals surface area contributed by atoms with E-state index in [-0.39, 0.29) is 11.1 Å². The Morgan fingerprint density at radius 3 is 1.86 bits per heavy atom. The summed E-state index contributed by atoms with van der Waals surface area (Å²) in [6.07, 6.45) is 1.62. The van der Waals surface area contributed by atoms with Crippen LogP contribution in [0.2, 0.25) is 0 Å². The normalized spacial score (nSPS) is 15.1. The first-order valence-corrected chi connectivity index (χ1v) is 8.26. The van der Waals surface area contributed by atoms with Crippen LogP contribution in [0.3, 0.4) is 0 Å². The second-order valence-electron chi connectivity index (χ2n) is 3.46. The van der Waals surface area contributed by atoms with Crippen LogP contribution in [0.4, 0.5) is 0 Å². The van der Waals surface area contributed by atoms with E-state index in [4.69, 9.17) is 4.18 Å². The van der Waals surface area contributed by atoms with Crippen LogP contribution in [0.15, 0.2) is 0 Å². The van der Waals surface area contributed by atoms with Crippen molar-refractivity contribution in [2.45, 2.75) is 45.7 Å². The van der Waals surface area contributed by atoms with Gasteiger partial charge in [0.05, 0.1) is 6.10 Å². The minimum Gasteiger partial charge on any atom is -0.267 e. The second-order valence-corrected chi connectivity index (χ2v) is 8.91. The molecule has 0 radical (unpaired) electrons. The molecule has 0 spiro atoms. The monoisotopic (exact) mass is 240 g/mol. The Hall–Kier alpha value is 0.340. The molecule has 86 valence electrons. The molecule has 0 saturated heterocycles. The fourth-order valence-electron chi connectivity index (χ4n) is 1.27. The fourth-order valence-corrected chi connectivity index (χ4v) is 5.95. The lowest BCUT2D eigenvalue weighted by atomic mass is 10.5. The van der Waals surface area contributed by atoms with E-state index in [1.165, 1.54) is 0 Å². The van der Waals surface area contributed by atoms with Gasteiger partial charge in [-0.25, -0.2) is 0 Å². The topological polar surface area (TPSA) is 43.4 Å². The lowest BCUT2D eigenvalue weighted by Crippen LogP contribution is -2.23. The first kappa shape index (κ1) is 14.3. The third-order valence-electron chi connectivity index (χ3n) is 2.07. The second kappa shape index (κ2) is 6.04. The Balaban J connectivity index is 4.56. The summed E-state index contributed by atoms with van der Waals surface area (Å²) < 4.78 is 28.4. The van der Waals surface area contributed by atoms with Crippen LogP contribution in [0.1, 0.15) is 34.6 Å². The SMILES string of the molecule is CCP(CC)C(C)S(=O)(=O)OC(C)C. The standard InChI is InChI=1S/C9H21O3PS/c1-6-13(7-2)9(5)14(10,11)12-8(3)4/h8-9H,6-7H2,1-5H3. The van der Waals surface area contributed by atoms with Gasteiger partial charge in [-0.05, 0) is 33.1 Å². The van der Waals surface area contributed by atoms with Crippen molar-refractivity contribution in [3.8, 4) is 0 Å². The van der Waals surface area contributed by atoms with Crippen molar-refractivity contribution >= 4 is 18.0 Å². The highest BCUT2D eigenvalue weighted by molar-refractivity contribution is 7.95. The third kappa shape index (κ3) is 4.24. The van der Waals surface area contributed by atoms with Crippen LogP contribution in [0.5, 0.6) is 0 Å². The molecule has 14 heavy (non-hydrogen) atoms. The van der Waals surface area contributed by atoms with Crippen LogP contribution in [0.25, 0.3) is 0 Å². The van der Waals surface area contributed by atoms with Crippen molar-refractivity contribution < 1.29 is 12.6 Å². The maximum absolute atomic E-state index is 11.7. The molecule has 0 heterocycles. The van der Waals surface area contributed by atoms with Crippen molar-refractivity contribution in [2.24, 2.45) is 0 Å². The average molecular weight is 240 g/mol. The van der Waals surface area contributed by atoms with E-state index < -0.39 is 18.0 Å². The van der Waals surface area contributed by atoms with E-state index in [9.17, 15) is 8.42 Å². The van der Waals surface area contributed by atoms with Gasteiger partial charge in [-0.3, -0.25) is 4.18 Å². The molecule has 0 saturated carbocycles. The van der Waals surface area contributed by atoms with Crippen molar-refractivity contribution in [1.82, 2.24) is 0 Å². The molecule has 0 aromatic carbocycles. The maximum atomic E-state index is 11.7. The number of rotatable bonds is 6. The zero-order valence-electron chi connectivity index (χ0n) is 9.65. The molecule has 0 aromatic rings. The van der Waals surface area contributed by atoms with Crippen molar-refractivity contribution in [3.63, 3.8) is 0 Å². The highest BCUT2D eigenvalue weighted by Crippen LogP contribution is 2.43. The molecule has 0 bridgehead atoms. The minimum absolute atomic E-state index is 0.256. The van der Waals surface area contributed by atoms with Gasteiger partial charge < -0.3 is 0 Å². The van der Waals surface area contributed by atoms with E-state index in [2.05, 4.69) is 0 Å². The quantitative estimate of drug-likeness (QED) is 0.529. The summed E-state index contributed by atoms with van der Waals surface area (Å²) in [4.78, 5) is -0.338. The lowest BCUT2D eigenvalue weighted by molar-refractivity contribution is 0.248. The zero-order chi connectivity index (χ0) is 11.4. The zero-order valence-corrected chi connectivity index (χ0v) is 11.4. The first-order chi connectivity index (χ1) is 6.35. The van der Waals surface area contributed by atoms with Crippen LogP contribution in [-0.2, 0) is 14.3 Å². The Morgan fingerprint density at radius 1 is 1.14 bits per heavy atom. The Bertz CT molecular complexity index is 245. The Kier molecular flexibility index (Phi) is 6.19. The van der Waals surface area contributed by atoms with E-state index >= 15 is 0 Å². The van der Waals surface area contributed by atoms with E-state index in [1.807, 2.05) is 13.8 Å². The van der Waals surface area contributed by atoms with Gasteiger partial charge in [-0.1, -0.05) is 21.8 Å². The van der Waals surface area contributed by atoms with Crippen LogP contribution in [0, 0.1) is 0 Å². The summed E-state index contributed by atoms with van der Waals surface area (Å²) >= 11 is 0. The molecule has 3 nitrogen and oxygen atoms in total. The molecule has 0 N–H and O–H groups in total. The lowest BCUT2D eigenvalue weighted by Gasteiger charge is -2.22. The Labute approximate surface area is 89.1 Å². The molecule has 0 aliphatic rings. The average Bonchev–Trinajstić information content (AvgIpc) is 2.04. The summed E-state index contributed by atoms with van der Waals surface area (Å²) in [5, 5.41) is 0. The minimum atomic E-state index is -3.35. The van der Waals surface area contributed by atoms with Crippen LogP contribution in [-0.4, -0.2) is 31.8 Å². The molecule has 0 rings (SSSR count). The largest absolute Gasteiger partial charge is 0.274 e. The molecular weight excluding hydrogens is 219 g/mol. The molecule has 0 fully saturated rings. The van der Waals surface area contributed by atoms with Gasteiger partial charge in [0.2, 0.25) is 0 Å². The maximum Gasteiger partial charge on any atom is 0.274 e. The van der Waals surface area contributed by atoms with Crippen molar-refractivity contribution in [3.05, 3.63) is 0 Å². The summed E-state index contributed by atoms with van der Waals surface area (Å²) in [5.41, 5.74) is 0. The predicted molar refractivity (Wildman–Crippen MR) is 62.6 cm³/mol. The molecule has 1 atom stereocenters. The fraction of sp³-hybridized carbons (Fsp3) is 1.00. The van der Waals surface area contributed by atoms with Gasteiger partial charge in [-0.2, -0.15) is 8.42 Å². The summed E-state index contributed by atoms with van der Waals surface area (Å²) in [6, 6.07) is 0. The van der Waals surface area contributed by atoms with Gasteiger partial charge in [0.15, 0.2) is 0 Å². The van der Waals surface area contributed by atoms with E-state index in [1.54, 1.807) is 20.8 Å². The summed E-state index contributed by atoms with van der Waals surface area (Å²) in [5.74, 6) is 0. The number of hydrogen-bond acceptors (Lipinski definition) is 3. The molecule has 0 aliphatic heterocycles. The van der Waals surface area contributed by atoms with Crippen molar-refractivity contribution in [2.75, 3.05) is 12.3 Å². The molecule has 0 aromatic heterocycles.